The molecule has 9 rings (SSSR count). The molecule has 9 aromatic rings. The third kappa shape index (κ3) is 4.61. The fraction of sp³-hybridized carbons (Fsp3) is 0. The molecule has 0 N–H and O–H groups in total. The maximum absolute atomic E-state index is 5.31. The zero-order chi connectivity index (χ0) is 30.5. The van der Waals surface area contributed by atoms with Crippen LogP contribution in [-0.2, 0) is 0 Å². The summed E-state index contributed by atoms with van der Waals surface area (Å²) in [5, 5.41) is 7.52. The molecule has 0 aliphatic carbocycles. The van der Waals surface area contributed by atoms with Crippen molar-refractivity contribution < 1.29 is 0 Å². The molecular weight excluding hydrogens is 577 g/mol. The Morgan fingerprint density at radius 3 is 1.76 bits per heavy atom. The predicted octanol–water partition coefficient (Wildman–Crippen LogP) is 12.6. The Balaban J connectivity index is 1.16. The van der Waals surface area contributed by atoms with Gasteiger partial charge in [0.05, 0.1) is 0 Å². The monoisotopic (exact) mass is 604 g/mol. The van der Waals surface area contributed by atoms with Crippen molar-refractivity contribution in [2.45, 2.75) is 0 Å². The van der Waals surface area contributed by atoms with Gasteiger partial charge in [0, 0.05) is 26.8 Å². The van der Waals surface area contributed by atoms with E-state index in [4.69, 9.17) is 4.98 Å². The molecule has 216 valence electrons. The summed E-state index contributed by atoms with van der Waals surface area (Å²) < 4.78 is 1.26. The van der Waals surface area contributed by atoms with Crippen LogP contribution >= 0.6 is 11.3 Å². The molecule has 2 nitrogen and oxygen atoms in total. The van der Waals surface area contributed by atoms with Crippen LogP contribution in [-0.4, -0.2) is 4.98 Å². The summed E-state index contributed by atoms with van der Waals surface area (Å²) in [6.45, 7) is 0. The molecule has 46 heavy (non-hydrogen) atoms. The first-order valence-corrected chi connectivity index (χ1v) is 16.4. The number of thiophene rings is 1. The third-order valence-electron chi connectivity index (χ3n) is 8.88. The highest BCUT2D eigenvalue weighted by molar-refractivity contribution is 7.25. The first-order valence-electron chi connectivity index (χ1n) is 15.5. The standard InChI is InChI=1S/C43H28N2S/c1-2-8-29(9-3-1)31-16-21-36(22-17-31)45(37-23-18-32(19-24-37)35-15-14-30-10-4-5-12-34(30)28-35)41-27-25-39-42-38-13-7-6-11-33(38)20-26-40(42)46-43(39)44-41/h1-28H. The van der Waals surface area contributed by atoms with Gasteiger partial charge in [-0.05, 0) is 92.3 Å². The number of hydrogen-bond acceptors (Lipinski definition) is 3. The fourth-order valence-corrected chi connectivity index (χ4v) is 7.65. The number of benzene rings is 7. The highest BCUT2D eigenvalue weighted by Crippen LogP contribution is 2.41. The number of hydrogen-bond donors (Lipinski definition) is 0. The largest absolute Gasteiger partial charge is 0.295 e. The summed E-state index contributed by atoms with van der Waals surface area (Å²) in [6, 6.07) is 60.8. The third-order valence-corrected chi connectivity index (χ3v) is 9.95. The van der Waals surface area contributed by atoms with Crippen LogP contribution in [0.2, 0.25) is 0 Å². The average molecular weight is 605 g/mol. The molecule has 0 saturated carbocycles. The molecule has 0 bridgehead atoms. The summed E-state index contributed by atoms with van der Waals surface area (Å²) in [5.74, 6) is 0.897. The van der Waals surface area contributed by atoms with E-state index in [1.54, 1.807) is 11.3 Å². The molecule has 0 unspecified atom stereocenters. The average Bonchev–Trinajstić information content (AvgIpc) is 3.51. The molecular formula is C43H28N2S. The van der Waals surface area contributed by atoms with E-state index in [1.807, 2.05) is 0 Å². The summed E-state index contributed by atoms with van der Waals surface area (Å²) in [6.07, 6.45) is 0. The van der Waals surface area contributed by atoms with E-state index in [2.05, 4.69) is 175 Å². The van der Waals surface area contributed by atoms with E-state index in [9.17, 15) is 0 Å². The van der Waals surface area contributed by atoms with Crippen LogP contribution in [0.1, 0.15) is 0 Å². The molecule has 0 saturated heterocycles. The maximum Gasteiger partial charge on any atom is 0.139 e. The number of pyridine rings is 1. The van der Waals surface area contributed by atoms with Crippen LogP contribution in [0.4, 0.5) is 17.2 Å². The van der Waals surface area contributed by atoms with Gasteiger partial charge in [-0.2, -0.15) is 0 Å². The van der Waals surface area contributed by atoms with E-state index >= 15 is 0 Å². The Bertz CT molecular complexity index is 2510. The highest BCUT2D eigenvalue weighted by Gasteiger charge is 2.17. The molecule has 0 atom stereocenters. The first-order chi connectivity index (χ1) is 22.8. The molecule has 0 aliphatic heterocycles. The zero-order valence-electron chi connectivity index (χ0n) is 25.0. The molecule has 2 aromatic heterocycles. The molecule has 2 heterocycles. The SMILES string of the molecule is c1ccc(-c2ccc(N(c3ccc(-c4ccc5ccccc5c4)cc3)c3ccc4c(n3)sc3ccc5ccccc5c34)cc2)cc1. The number of aromatic nitrogens is 1. The number of fused-ring (bicyclic) bond motifs is 6. The fourth-order valence-electron chi connectivity index (χ4n) is 6.56. The molecule has 0 amide bonds. The minimum atomic E-state index is 0.897. The van der Waals surface area contributed by atoms with Gasteiger partial charge >= 0.3 is 0 Å². The van der Waals surface area contributed by atoms with E-state index in [0.717, 1.165) is 22.0 Å². The normalized spacial score (nSPS) is 11.5. The van der Waals surface area contributed by atoms with Gasteiger partial charge in [0.2, 0.25) is 0 Å². The van der Waals surface area contributed by atoms with Gasteiger partial charge in [-0.15, -0.1) is 11.3 Å². The summed E-state index contributed by atoms with van der Waals surface area (Å²) in [5.41, 5.74) is 6.93. The topological polar surface area (TPSA) is 16.1 Å². The van der Waals surface area contributed by atoms with Crippen LogP contribution in [0.25, 0.3) is 64.1 Å². The first kappa shape index (κ1) is 26.6. The zero-order valence-corrected chi connectivity index (χ0v) is 25.8. The quantitative estimate of drug-likeness (QED) is 0.194. The minimum Gasteiger partial charge on any atom is -0.295 e. The van der Waals surface area contributed by atoms with Crippen molar-refractivity contribution in [2.75, 3.05) is 4.90 Å². The maximum atomic E-state index is 5.31. The number of rotatable bonds is 5. The Hall–Kier alpha value is -5.77. The summed E-state index contributed by atoms with van der Waals surface area (Å²) in [7, 11) is 0. The highest BCUT2D eigenvalue weighted by atomic mass is 32.1. The van der Waals surface area contributed by atoms with Gasteiger partial charge in [-0.25, -0.2) is 4.98 Å². The second-order valence-corrected chi connectivity index (χ2v) is 12.7. The van der Waals surface area contributed by atoms with Crippen molar-refractivity contribution in [3.05, 3.63) is 170 Å². The lowest BCUT2D eigenvalue weighted by molar-refractivity contribution is 1.21. The van der Waals surface area contributed by atoms with Gasteiger partial charge in [-0.3, -0.25) is 4.90 Å². The Labute approximate surface area is 271 Å². The van der Waals surface area contributed by atoms with Crippen molar-refractivity contribution in [1.82, 2.24) is 4.98 Å². The molecule has 0 radical (unpaired) electrons. The second kappa shape index (κ2) is 11.0. The molecule has 7 aromatic carbocycles. The van der Waals surface area contributed by atoms with Crippen LogP contribution in [0.15, 0.2) is 170 Å². The lowest BCUT2D eigenvalue weighted by Gasteiger charge is -2.25. The van der Waals surface area contributed by atoms with Crippen molar-refractivity contribution in [1.29, 1.82) is 0 Å². The summed E-state index contributed by atoms with van der Waals surface area (Å²) in [4.78, 5) is 8.62. The van der Waals surface area contributed by atoms with Crippen molar-refractivity contribution in [2.24, 2.45) is 0 Å². The molecule has 0 fully saturated rings. The molecule has 3 heteroatoms. The van der Waals surface area contributed by atoms with Gasteiger partial charge in [0.15, 0.2) is 0 Å². The van der Waals surface area contributed by atoms with Crippen molar-refractivity contribution in [3.8, 4) is 22.3 Å². The Kier molecular flexibility index (Phi) is 6.36. The van der Waals surface area contributed by atoms with E-state index in [1.165, 1.54) is 59.3 Å². The van der Waals surface area contributed by atoms with Gasteiger partial charge in [0.1, 0.15) is 10.6 Å². The van der Waals surface area contributed by atoms with Gasteiger partial charge < -0.3 is 0 Å². The smallest absolute Gasteiger partial charge is 0.139 e. The Morgan fingerprint density at radius 1 is 0.413 bits per heavy atom. The molecule has 0 spiro atoms. The second-order valence-electron chi connectivity index (χ2n) is 11.6. The van der Waals surface area contributed by atoms with Crippen LogP contribution < -0.4 is 4.90 Å². The lowest BCUT2D eigenvalue weighted by atomic mass is 10.0. The molecule has 0 aliphatic rings. The van der Waals surface area contributed by atoms with Crippen LogP contribution in [0.5, 0.6) is 0 Å². The predicted molar refractivity (Wildman–Crippen MR) is 198 cm³/mol. The van der Waals surface area contributed by atoms with Crippen molar-refractivity contribution >= 4 is 70.4 Å². The van der Waals surface area contributed by atoms with E-state index < -0.39 is 0 Å². The van der Waals surface area contributed by atoms with E-state index in [-0.39, 0.29) is 0 Å². The van der Waals surface area contributed by atoms with Gasteiger partial charge in [-0.1, -0.05) is 121 Å². The number of anilines is 3. The van der Waals surface area contributed by atoms with Gasteiger partial charge in [0.25, 0.3) is 0 Å². The Morgan fingerprint density at radius 2 is 1.00 bits per heavy atom. The minimum absolute atomic E-state index is 0.897. The summed E-state index contributed by atoms with van der Waals surface area (Å²) >= 11 is 1.76. The van der Waals surface area contributed by atoms with Crippen LogP contribution in [0.3, 0.4) is 0 Å². The van der Waals surface area contributed by atoms with Crippen LogP contribution in [0, 0.1) is 0 Å². The van der Waals surface area contributed by atoms with E-state index in [0.29, 0.717) is 0 Å². The van der Waals surface area contributed by atoms with Crippen molar-refractivity contribution in [3.63, 3.8) is 0 Å². The lowest BCUT2D eigenvalue weighted by Crippen LogP contribution is -2.11. The number of nitrogens with zero attached hydrogens (tertiary/aromatic N) is 2.